The van der Waals surface area contributed by atoms with Gasteiger partial charge in [0.1, 0.15) is 17.9 Å². The number of hydrogen-bond donors (Lipinski definition) is 3. The summed E-state index contributed by atoms with van der Waals surface area (Å²) in [6.07, 6.45) is -0.648. The van der Waals surface area contributed by atoms with Gasteiger partial charge in [0.15, 0.2) is 0 Å². The van der Waals surface area contributed by atoms with Gasteiger partial charge in [0, 0.05) is 23.5 Å². The van der Waals surface area contributed by atoms with Crippen LogP contribution in [0.5, 0.6) is 5.75 Å². The molecule has 0 aliphatic carbocycles. The Balaban J connectivity index is 1.46. The molecule has 0 saturated heterocycles. The summed E-state index contributed by atoms with van der Waals surface area (Å²) >= 11 is 5.91. The highest BCUT2D eigenvalue weighted by molar-refractivity contribution is 6.30. The number of carbonyl (C=O) groups is 1. The lowest BCUT2D eigenvalue weighted by Crippen LogP contribution is -2.26. The van der Waals surface area contributed by atoms with Crippen molar-refractivity contribution in [3.63, 3.8) is 0 Å². The van der Waals surface area contributed by atoms with E-state index in [2.05, 4.69) is 5.32 Å². The number of fused-ring (bicyclic) bond motifs is 1. The molecule has 26 heavy (non-hydrogen) atoms. The second-order valence-corrected chi connectivity index (χ2v) is 6.18. The molecule has 0 fully saturated rings. The summed E-state index contributed by atoms with van der Waals surface area (Å²) in [5, 5.41) is 23.4. The zero-order valence-electron chi connectivity index (χ0n) is 13.8. The summed E-state index contributed by atoms with van der Waals surface area (Å²) in [6, 6.07) is 13.7. The highest BCUT2D eigenvalue weighted by Crippen LogP contribution is 2.24. The van der Waals surface area contributed by atoms with Gasteiger partial charge in [-0.25, -0.2) is 4.79 Å². The van der Waals surface area contributed by atoms with E-state index in [4.69, 9.17) is 25.9 Å². The summed E-state index contributed by atoms with van der Waals surface area (Å²) in [4.78, 5) is 10.9. The second kappa shape index (κ2) is 8.23. The van der Waals surface area contributed by atoms with Crippen molar-refractivity contribution in [1.29, 1.82) is 0 Å². The Kier molecular flexibility index (Phi) is 5.78. The van der Waals surface area contributed by atoms with Crippen LogP contribution in [0.25, 0.3) is 11.0 Å². The van der Waals surface area contributed by atoms with Crippen molar-refractivity contribution in [2.24, 2.45) is 0 Å². The normalized spacial score (nSPS) is 12.2. The minimum Gasteiger partial charge on any atom is -0.492 e. The third kappa shape index (κ3) is 4.54. The number of carboxylic acids is 1. The van der Waals surface area contributed by atoms with Crippen LogP contribution in [0, 0.1) is 0 Å². The highest BCUT2D eigenvalue weighted by Gasteiger charge is 2.11. The number of benzene rings is 2. The topological polar surface area (TPSA) is 91.9 Å². The van der Waals surface area contributed by atoms with Gasteiger partial charge in [-0.05, 0) is 42.0 Å². The number of nitrogens with one attached hydrogen (secondary N) is 1. The van der Waals surface area contributed by atoms with E-state index in [-0.39, 0.29) is 5.76 Å². The summed E-state index contributed by atoms with van der Waals surface area (Å²) in [7, 11) is 0. The number of rotatable bonds is 8. The van der Waals surface area contributed by atoms with Crippen LogP contribution in [-0.4, -0.2) is 35.9 Å². The Morgan fingerprint density at radius 3 is 2.85 bits per heavy atom. The van der Waals surface area contributed by atoms with Gasteiger partial charge in [-0.1, -0.05) is 23.7 Å². The molecule has 1 aromatic heterocycles. The molecule has 0 unspecified atom stereocenters. The van der Waals surface area contributed by atoms with E-state index in [0.717, 1.165) is 5.56 Å². The Morgan fingerprint density at radius 1 is 1.23 bits per heavy atom. The number of ether oxygens (including phenoxy) is 1. The molecule has 0 saturated carbocycles. The molecule has 0 radical (unpaired) electrons. The van der Waals surface area contributed by atoms with E-state index in [1.165, 1.54) is 6.07 Å². The molecular formula is C19H18ClNO5. The summed E-state index contributed by atoms with van der Waals surface area (Å²) in [5.41, 5.74) is 1.25. The molecule has 2 aromatic carbocycles. The monoisotopic (exact) mass is 375 g/mol. The van der Waals surface area contributed by atoms with Crippen LogP contribution in [0.2, 0.25) is 5.02 Å². The number of aliphatic hydroxyl groups excluding tert-OH is 1. The molecule has 0 aliphatic heterocycles. The van der Waals surface area contributed by atoms with Gasteiger partial charge in [0.05, 0.1) is 6.10 Å². The van der Waals surface area contributed by atoms with Gasteiger partial charge in [-0.2, -0.15) is 0 Å². The smallest absolute Gasteiger partial charge is 0.371 e. The van der Waals surface area contributed by atoms with E-state index >= 15 is 0 Å². The Bertz CT molecular complexity index is 908. The van der Waals surface area contributed by atoms with Gasteiger partial charge in [0.25, 0.3) is 0 Å². The standard InChI is InChI=1S/C19H18ClNO5/c20-14-3-1-2-12(8-14)16(22)11-21-6-7-25-15-4-5-17-13(9-15)10-18(26-17)19(23)24/h1-5,8-10,16,21-22H,6-7,11H2,(H,23,24)/t16-/m0/s1. The predicted molar refractivity (Wildman–Crippen MR) is 97.9 cm³/mol. The van der Waals surface area contributed by atoms with Crippen molar-refractivity contribution in [2.75, 3.05) is 19.7 Å². The molecule has 6 nitrogen and oxygen atoms in total. The predicted octanol–water partition coefficient (Wildman–Crippen LogP) is 3.49. The number of hydrogen-bond acceptors (Lipinski definition) is 5. The molecule has 3 N–H and O–H groups in total. The maximum Gasteiger partial charge on any atom is 0.371 e. The van der Waals surface area contributed by atoms with Crippen LogP contribution in [0.3, 0.4) is 0 Å². The van der Waals surface area contributed by atoms with Crippen LogP contribution < -0.4 is 10.1 Å². The number of aromatic carboxylic acids is 1. The van der Waals surface area contributed by atoms with Crippen LogP contribution in [0.1, 0.15) is 22.2 Å². The molecule has 7 heteroatoms. The maximum atomic E-state index is 10.9. The van der Waals surface area contributed by atoms with Gasteiger partial charge >= 0.3 is 5.97 Å². The molecule has 136 valence electrons. The van der Waals surface area contributed by atoms with Crippen molar-refractivity contribution < 1.29 is 24.2 Å². The molecule has 0 aliphatic rings. The zero-order chi connectivity index (χ0) is 18.5. The van der Waals surface area contributed by atoms with E-state index in [1.807, 2.05) is 6.07 Å². The van der Waals surface area contributed by atoms with E-state index in [1.54, 1.807) is 36.4 Å². The number of halogens is 1. The fraction of sp³-hybridized carbons (Fsp3) is 0.211. The van der Waals surface area contributed by atoms with E-state index < -0.39 is 12.1 Å². The highest BCUT2D eigenvalue weighted by atomic mass is 35.5. The lowest BCUT2D eigenvalue weighted by atomic mass is 10.1. The molecule has 1 atom stereocenters. The van der Waals surface area contributed by atoms with Gasteiger partial charge < -0.3 is 24.7 Å². The van der Waals surface area contributed by atoms with Crippen molar-refractivity contribution in [3.8, 4) is 5.75 Å². The molecule has 3 rings (SSSR count). The van der Waals surface area contributed by atoms with Crippen molar-refractivity contribution >= 4 is 28.5 Å². The molecule has 1 heterocycles. The third-order valence-electron chi connectivity index (χ3n) is 3.82. The average molecular weight is 376 g/mol. The van der Waals surface area contributed by atoms with Gasteiger partial charge in [-0.15, -0.1) is 0 Å². The number of furan rings is 1. The molecular weight excluding hydrogens is 358 g/mol. The van der Waals surface area contributed by atoms with Crippen molar-refractivity contribution in [2.45, 2.75) is 6.10 Å². The average Bonchev–Trinajstić information content (AvgIpc) is 3.05. The zero-order valence-corrected chi connectivity index (χ0v) is 14.6. The van der Waals surface area contributed by atoms with Gasteiger partial charge in [-0.3, -0.25) is 0 Å². The fourth-order valence-electron chi connectivity index (χ4n) is 2.53. The Labute approximate surface area is 155 Å². The molecule has 0 amide bonds. The van der Waals surface area contributed by atoms with Crippen LogP contribution in [0.4, 0.5) is 0 Å². The molecule has 3 aromatic rings. The minimum absolute atomic E-state index is 0.103. The van der Waals surface area contributed by atoms with Crippen LogP contribution in [-0.2, 0) is 0 Å². The van der Waals surface area contributed by atoms with Gasteiger partial charge in [0.2, 0.25) is 5.76 Å². The molecule has 0 spiro atoms. The SMILES string of the molecule is O=C(O)c1cc2cc(OCCNC[C@H](O)c3cccc(Cl)c3)ccc2o1. The Morgan fingerprint density at radius 2 is 2.08 bits per heavy atom. The first-order chi connectivity index (χ1) is 12.5. The first kappa shape index (κ1) is 18.3. The second-order valence-electron chi connectivity index (χ2n) is 5.74. The van der Waals surface area contributed by atoms with Crippen LogP contribution >= 0.6 is 11.6 Å². The largest absolute Gasteiger partial charge is 0.492 e. The number of carboxylic acid groups (broad SMARTS) is 1. The summed E-state index contributed by atoms with van der Waals surface area (Å²) in [6.45, 7) is 1.32. The maximum absolute atomic E-state index is 10.9. The first-order valence-corrected chi connectivity index (χ1v) is 8.44. The third-order valence-corrected chi connectivity index (χ3v) is 4.05. The van der Waals surface area contributed by atoms with Crippen molar-refractivity contribution in [3.05, 3.63) is 64.9 Å². The first-order valence-electron chi connectivity index (χ1n) is 8.07. The lowest BCUT2D eigenvalue weighted by Gasteiger charge is -2.13. The van der Waals surface area contributed by atoms with E-state index in [0.29, 0.717) is 41.4 Å². The quantitative estimate of drug-likeness (QED) is 0.522. The minimum atomic E-state index is -1.11. The fourth-order valence-corrected chi connectivity index (χ4v) is 2.73. The number of aliphatic hydroxyl groups is 1. The summed E-state index contributed by atoms with van der Waals surface area (Å²) < 4.78 is 10.8. The lowest BCUT2D eigenvalue weighted by molar-refractivity contribution is 0.0665. The Hall–Kier alpha value is -2.54. The van der Waals surface area contributed by atoms with E-state index in [9.17, 15) is 9.90 Å². The van der Waals surface area contributed by atoms with Crippen LogP contribution in [0.15, 0.2) is 52.9 Å². The summed E-state index contributed by atoms with van der Waals surface area (Å²) in [5.74, 6) is -0.590. The molecule has 0 bridgehead atoms. The van der Waals surface area contributed by atoms with Crippen molar-refractivity contribution in [1.82, 2.24) is 5.32 Å².